The molecule has 8 nitrogen and oxygen atoms in total. The van der Waals surface area contributed by atoms with E-state index in [2.05, 4.69) is 19.9 Å². The molecule has 0 saturated heterocycles. The van der Waals surface area contributed by atoms with Gasteiger partial charge in [0.15, 0.2) is 0 Å². The summed E-state index contributed by atoms with van der Waals surface area (Å²) < 4.78 is 44.8. The second-order valence-corrected chi connectivity index (χ2v) is 8.83. The maximum absolute atomic E-state index is 13.9. The Labute approximate surface area is 210 Å². The average Bonchev–Trinajstić information content (AvgIpc) is 3.29. The van der Waals surface area contributed by atoms with Gasteiger partial charge < -0.3 is 15.4 Å². The van der Waals surface area contributed by atoms with Crippen molar-refractivity contribution in [1.29, 1.82) is 0 Å². The molecule has 190 valence electrons. The number of nitrogens with zero attached hydrogens (tertiary/aromatic N) is 5. The Morgan fingerprint density at radius 1 is 1.19 bits per heavy atom. The number of rotatable bonds is 5. The van der Waals surface area contributed by atoms with Gasteiger partial charge in [0.1, 0.15) is 11.6 Å². The number of nitrogens with two attached hydrogens (primary N) is 1. The van der Waals surface area contributed by atoms with Crippen molar-refractivity contribution in [2.75, 3.05) is 5.73 Å². The highest BCUT2D eigenvalue weighted by atomic mass is 19.4. The molecule has 2 N–H and O–H groups in total. The summed E-state index contributed by atoms with van der Waals surface area (Å²) >= 11 is 0. The molecular formula is C26H23F3N6O2. The van der Waals surface area contributed by atoms with Crippen molar-refractivity contribution >= 4 is 22.6 Å². The van der Waals surface area contributed by atoms with E-state index >= 15 is 0 Å². The molecular weight excluding hydrogens is 485 g/mol. The van der Waals surface area contributed by atoms with Gasteiger partial charge in [-0.25, -0.2) is 15.0 Å². The van der Waals surface area contributed by atoms with Crippen LogP contribution in [0, 0.1) is 0 Å². The van der Waals surface area contributed by atoms with E-state index in [1.807, 2.05) is 6.92 Å². The largest absolute Gasteiger partial charge is 0.417 e. The van der Waals surface area contributed by atoms with Gasteiger partial charge in [-0.2, -0.15) is 13.2 Å². The average molecular weight is 509 g/mol. The Bertz CT molecular complexity index is 1460. The number of ether oxygens (including phenoxy) is 1. The zero-order chi connectivity index (χ0) is 26.3. The van der Waals surface area contributed by atoms with Gasteiger partial charge in [0.05, 0.1) is 42.1 Å². The Balaban J connectivity index is 1.54. The Morgan fingerprint density at radius 3 is 2.62 bits per heavy atom. The molecule has 0 aliphatic carbocycles. The van der Waals surface area contributed by atoms with E-state index in [1.54, 1.807) is 43.6 Å². The first-order chi connectivity index (χ1) is 17.6. The van der Waals surface area contributed by atoms with Crippen molar-refractivity contribution in [3.8, 4) is 0 Å². The number of carbonyl (C=O) groups is 1. The topological polar surface area (TPSA) is 107 Å². The van der Waals surface area contributed by atoms with Crippen LogP contribution < -0.4 is 5.73 Å². The number of aromatic nitrogens is 4. The fourth-order valence-corrected chi connectivity index (χ4v) is 4.48. The molecule has 1 aromatic carbocycles. The molecule has 0 bridgehead atoms. The first kappa shape index (κ1) is 24.6. The summed E-state index contributed by atoms with van der Waals surface area (Å²) in [7, 11) is 0. The highest BCUT2D eigenvalue weighted by Crippen LogP contribution is 2.38. The lowest BCUT2D eigenvalue weighted by molar-refractivity contribution is -0.137. The van der Waals surface area contributed by atoms with E-state index in [0.29, 0.717) is 35.0 Å². The van der Waals surface area contributed by atoms with E-state index in [9.17, 15) is 18.0 Å². The third kappa shape index (κ3) is 4.69. The van der Waals surface area contributed by atoms with Crippen LogP contribution in [-0.2, 0) is 24.1 Å². The predicted molar refractivity (Wildman–Crippen MR) is 129 cm³/mol. The van der Waals surface area contributed by atoms with Gasteiger partial charge in [-0.15, -0.1) is 0 Å². The summed E-state index contributed by atoms with van der Waals surface area (Å²) in [6, 6.07) is 8.40. The molecule has 0 saturated carbocycles. The van der Waals surface area contributed by atoms with Gasteiger partial charge in [0.25, 0.3) is 5.91 Å². The smallest absolute Gasteiger partial charge is 0.383 e. The zero-order valence-electron chi connectivity index (χ0n) is 20.0. The van der Waals surface area contributed by atoms with Crippen LogP contribution in [0.25, 0.3) is 10.9 Å². The lowest BCUT2D eigenvalue weighted by atomic mass is 9.99. The normalized spacial score (nSPS) is 16.0. The number of halogens is 3. The SMILES string of the molecule is CC1OCc2c1c(N)nc1ccc(C(=O)N(Cc3ccc(C(F)(F)F)cn3)[C@H](C)c3ncccn3)cc21. The summed E-state index contributed by atoms with van der Waals surface area (Å²) in [5.41, 5.74) is 8.29. The van der Waals surface area contributed by atoms with E-state index in [0.717, 1.165) is 28.8 Å². The molecule has 0 fully saturated rings. The molecule has 37 heavy (non-hydrogen) atoms. The number of fused-ring (bicyclic) bond motifs is 3. The second-order valence-electron chi connectivity index (χ2n) is 8.83. The van der Waals surface area contributed by atoms with Crippen molar-refractivity contribution in [3.63, 3.8) is 0 Å². The minimum absolute atomic E-state index is 0.0489. The molecule has 5 rings (SSSR count). The van der Waals surface area contributed by atoms with Crippen molar-refractivity contribution in [2.24, 2.45) is 0 Å². The molecule has 4 heterocycles. The van der Waals surface area contributed by atoms with Crippen LogP contribution in [0.5, 0.6) is 0 Å². The number of nitrogen functional groups attached to an aromatic ring is 1. The predicted octanol–water partition coefficient (Wildman–Crippen LogP) is 5.02. The van der Waals surface area contributed by atoms with Crippen LogP contribution in [0.4, 0.5) is 19.0 Å². The number of benzene rings is 1. The molecule has 1 aliphatic heterocycles. The number of anilines is 1. The standard InChI is InChI=1S/C26H23F3N6O2/c1-14(24-31-8-3-9-32-24)35(12-18-6-5-17(11-33-18)26(27,28)29)25(36)16-4-7-21-19(10-16)20-13-37-15(2)22(20)23(30)34-21/h3-11,14-15H,12-13H2,1-2H3,(H2,30,34)/t14-,15?/m1/s1. The monoisotopic (exact) mass is 508 g/mol. The molecule has 3 aromatic heterocycles. The molecule has 4 aromatic rings. The Kier molecular flexibility index (Phi) is 6.24. The first-order valence-electron chi connectivity index (χ1n) is 11.6. The van der Waals surface area contributed by atoms with E-state index < -0.39 is 17.8 Å². The van der Waals surface area contributed by atoms with Gasteiger partial charge >= 0.3 is 6.18 Å². The summed E-state index contributed by atoms with van der Waals surface area (Å²) in [5.74, 6) is 0.429. The summed E-state index contributed by atoms with van der Waals surface area (Å²) in [6.45, 7) is 3.95. The quantitative estimate of drug-likeness (QED) is 0.404. The van der Waals surface area contributed by atoms with Gasteiger partial charge in [0.2, 0.25) is 0 Å². The van der Waals surface area contributed by atoms with E-state index in [-0.39, 0.29) is 18.6 Å². The van der Waals surface area contributed by atoms with Gasteiger partial charge in [-0.3, -0.25) is 9.78 Å². The van der Waals surface area contributed by atoms with Crippen molar-refractivity contribution in [3.05, 3.63) is 88.8 Å². The number of hydrogen-bond acceptors (Lipinski definition) is 7. The van der Waals surface area contributed by atoms with Crippen LogP contribution in [-0.4, -0.2) is 30.7 Å². The van der Waals surface area contributed by atoms with Crippen molar-refractivity contribution in [1.82, 2.24) is 24.8 Å². The van der Waals surface area contributed by atoms with Crippen LogP contribution in [0.15, 0.2) is 55.0 Å². The number of pyridine rings is 2. The van der Waals surface area contributed by atoms with Gasteiger partial charge in [-0.1, -0.05) is 0 Å². The molecule has 2 atom stereocenters. The number of carbonyl (C=O) groups excluding carboxylic acids is 1. The molecule has 0 spiro atoms. The van der Waals surface area contributed by atoms with E-state index in [4.69, 9.17) is 10.5 Å². The number of amides is 1. The maximum Gasteiger partial charge on any atom is 0.417 e. The third-order valence-electron chi connectivity index (χ3n) is 6.47. The number of alkyl halides is 3. The highest BCUT2D eigenvalue weighted by molar-refractivity contribution is 5.99. The Morgan fingerprint density at radius 2 is 1.95 bits per heavy atom. The van der Waals surface area contributed by atoms with Crippen molar-refractivity contribution < 1.29 is 22.7 Å². The van der Waals surface area contributed by atoms with Gasteiger partial charge in [0, 0.05) is 35.1 Å². The minimum atomic E-state index is -4.50. The summed E-state index contributed by atoms with van der Waals surface area (Å²) in [5, 5.41) is 0.760. The molecule has 1 aliphatic rings. The van der Waals surface area contributed by atoms with Crippen LogP contribution in [0.2, 0.25) is 0 Å². The Hall–Kier alpha value is -4.12. The molecule has 1 amide bonds. The van der Waals surface area contributed by atoms with Crippen LogP contribution >= 0.6 is 0 Å². The maximum atomic E-state index is 13.9. The lowest BCUT2D eigenvalue weighted by Crippen LogP contribution is -2.34. The van der Waals surface area contributed by atoms with E-state index in [1.165, 1.54) is 11.0 Å². The highest BCUT2D eigenvalue weighted by Gasteiger charge is 2.32. The molecule has 0 radical (unpaired) electrons. The minimum Gasteiger partial charge on any atom is -0.383 e. The summed E-state index contributed by atoms with van der Waals surface area (Å²) in [6.07, 6.45) is -0.819. The number of hydrogen-bond donors (Lipinski definition) is 1. The molecule has 11 heteroatoms. The van der Waals surface area contributed by atoms with Crippen LogP contribution in [0.1, 0.15) is 64.6 Å². The first-order valence-corrected chi connectivity index (χ1v) is 11.6. The summed E-state index contributed by atoms with van der Waals surface area (Å²) in [4.78, 5) is 32.3. The lowest BCUT2D eigenvalue weighted by Gasteiger charge is -2.28. The fraction of sp³-hybridized carbons (Fsp3) is 0.269. The zero-order valence-corrected chi connectivity index (χ0v) is 20.0. The molecule has 1 unspecified atom stereocenters. The van der Waals surface area contributed by atoms with Gasteiger partial charge in [-0.05, 0) is 55.8 Å². The van der Waals surface area contributed by atoms with Crippen LogP contribution in [0.3, 0.4) is 0 Å². The van der Waals surface area contributed by atoms with Crippen molar-refractivity contribution in [2.45, 2.75) is 45.3 Å². The fourth-order valence-electron chi connectivity index (χ4n) is 4.48. The third-order valence-corrected chi connectivity index (χ3v) is 6.47. The second kappa shape index (κ2) is 9.40.